The second-order valence-electron chi connectivity index (χ2n) is 11.5. The normalized spacial score (nSPS) is 18.6. The largest absolute Gasteiger partial charge is 0.445 e. The van der Waals surface area contributed by atoms with Crippen molar-refractivity contribution in [3.05, 3.63) is 75.8 Å². The number of carbonyl (C=O) groups is 1. The van der Waals surface area contributed by atoms with Gasteiger partial charge in [-0.25, -0.2) is 9.78 Å². The first-order valence-electron chi connectivity index (χ1n) is 13.3. The number of fused-ring (bicyclic) bond motifs is 1. The van der Waals surface area contributed by atoms with E-state index in [4.69, 9.17) is 9.72 Å². The smallest absolute Gasteiger partial charge is 0.407 e. The zero-order valence-electron chi connectivity index (χ0n) is 22.8. The molecule has 0 saturated carbocycles. The van der Waals surface area contributed by atoms with Gasteiger partial charge in [0.1, 0.15) is 12.4 Å². The van der Waals surface area contributed by atoms with Crippen molar-refractivity contribution < 1.29 is 9.53 Å². The molecule has 1 aromatic heterocycles. The Bertz CT molecular complexity index is 1280. The van der Waals surface area contributed by atoms with Crippen LogP contribution in [0.3, 0.4) is 0 Å². The van der Waals surface area contributed by atoms with Gasteiger partial charge in [0.15, 0.2) is 0 Å². The van der Waals surface area contributed by atoms with Gasteiger partial charge in [0.05, 0.1) is 10.9 Å². The Morgan fingerprint density at radius 2 is 1.89 bits per heavy atom. The summed E-state index contributed by atoms with van der Waals surface area (Å²) in [6.45, 7) is 10.8. The fraction of sp³-hybridized carbons (Fsp3) is 0.500. The highest BCUT2D eigenvalue weighted by Gasteiger charge is 2.34. The molecule has 3 aromatic rings. The first-order valence-corrected chi connectivity index (χ1v) is 13.3. The van der Waals surface area contributed by atoms with Crippen molar-refractivity contribution >= 4 is 17.0 Å². The highest BCUT2D eigenvalue weighted by Crippen LogP contribution is 2.34. The highest BCUT2D eigenvalue weighted by atomic mass is 16.5. The molecule has 4 rings (SSSR count). The molecule has 2 atom stereocenters. The lowest BCUT2D eigenvalue weighted by Gasteiger charge is -2.40. The molecule has 0 aliphatic carbocycles. The molecule has 2 aromatic carbocycles. The van der Waals surface area contributed by atoms with Crippen LogP contribution in [0.1, 0.15) is 62.9 Å². The first-order chi connectivity index (χ1) is 17.6. The SMILES string of the molecule is Cc1cccc2c(=O)n(CC(C)(C)C)c(C3CCCN(C)C3CCNC(=O)OCc3ccccc3)nc12. The maximum Gasteiger partial charge on any atom is 0.407 e. The molecule has 7 nitrogen and oxygen atoms in total. The van der Waals surface area contributed by atoms with Crippen molar-refractivity contribution in [2.24, 2.45) is 5.41 Å². The monoisotopic (exact) mass is 504 g/mol. The van der Waals surface area contributed by atoms with E-state index in [1.165, 1.54) is 0 Å². The van der Waals surface area contributed by atoms with Crippen LogP contribution in [0.2, 0.25) is 0 Å². The van der Waals surface area contributed by atoms with Crippen LogP contribution in [0, 0.1) is 12.3 Å². The fourth-order valence-corrected chi connectivity index (χ4v) is 5.36. The minimum Gasteiger partial charge on any atom is -0.445 e. The topological polar surface area (TPSA) is 76.5 Å². The van der Waals surface area contributed by atoms with Gasteiger partial charge in [0.25, 0.3) is 5.56 Å². The van der Waals surface area contributed by atoms with Gasteiger partial charge in [-0.1, -0.05) is 63.2 Å². The van der Waals surface area contributed by atoms with Crippen LogP contribution >= 0.6 is 0 Å². The quantitative estimate of drug-likeness (QED) is 0.476. The summed E-state index contributed by atoms with van der Waals surface area (Å²) in [4.78, 5) is 33.6. The predicted octanol–water partition coefficient (Wildman–Crippen LogP) is 5.25. The van der Waals surface area contributed by atoms with Crippen LogP contribution < -0.4 is 10.9 Å². The van der Waals surface area contributed by atoms with E-state index >= 15 is 0 Å². The Hall–Kier alpha value is -3.19. The van der Waals surface area contributed by atoms with Crippen LogP contribution in [0.4, 0.5) is 4.79 Å². The van der Waals surface area contributed by atoms with Gasteiger partial charge >= 0.3 is 6.09 Å². The summed E-state index contributed by atoms with van der Waals surface area (Å²) in [5, 5.41) is 3.60. The van der Waals surface area contributed by atoms with Crippen LogP contribution in [0.5, 0.6) is 0 Å². The van der Waals surface area contributed by atoms with E-state index < -0.39 is 6.09 Å². The summed E-state index contributed by atoms with van der Waals surface area (Å²) in [7, 11) is 2.13. The maximum absolute atomic E-state index is 13.7. The molecule has 198 valence electrons. The van der Waals surface area contributed by atoms with E-state index in [0.29, 0.717) is 18.5 Å². The van der Waals surface area contributed by atoms with Crippen LogP contribution in [-0.2, 0) is 17.9 Å². The number of rotatable bonds is 7. The number of hydrogen-bond acceptors (Lipinski definition) is 5. The maximum atomic E-state index is 13.7. The molecule has 2 unspecified atom stereocenters. The predicted molar refractivity (Wildman–Crippen MR) is 148 cm³/mol. The molecule has 1 aliphatic rings. The van der Waals surface area contributed by atoms with Crippen LogP contribution in [0.15, 0.2) is 53.3 Å². The number of nitrogens with zero attached hydrogens (tertiary/aromatic N) is 3. The number of benzene rings is 2. The van der Waals surface area contributed by atoms with Gasteiger partial charge in [-0.05, 0) is 62.4 Å². The number of piperidine rings is 1. The highest BCUT2D eigenvalue weighted by molar-refractivity contribution is 5.80. The van der Waals surface area contributed by atoms with Crippen molar-refractivity contribution in [2.45, 2.75) is 72.1 Å². The third-order valence-corrected chi connectivity index (χ3v) is 7.16. The lowest BCUT2D eigenvalue weighted by molar-refractivity contribution is 0.128. The molecule has 0 radical (unpaired) electrons. The zero-order valence-corrected chi connectivity index (χ0v) is 22.8. The van der Waals surface area contributed by atoms with E-state index in [0.717, 1.165) is 48.3 Å². The number of hydrogen-bond donors (Lipinski definition) is 1. The summed E-state index contributed by atoms with van der Waals surface area (Å²) in [5.41, 5.74) is 2.73. The van der Waals surface area contributed by atoms with Crippen LogP contribution in [-0.4, -0.2) is 46.7 Å². The number of aromatic nitrogens is 2. The van der Waals surface area contributed by atoms with Crippen molar-refractivity contribution in [1.29, 1.82) is 0 Å². The number of alkyl carbamates (subject to hydrolysis) is 1. The fourth-order valence-electron chi connectivity index (χ4n) is 5.36. The van der Waals surface area contributed by atoms with Gasteiger partial charge in [-0.2, -0.15) is 0 Å². The second-order valence-corrected chi connectivity index (χ2v) is 11.5. The minimum atomic E-state index is -0.414. The van der Waals surface area contributed by atoms with Crippen molar-refractivity contribution in [1.82, 2.24) is 19.8 Å². The van der Waals surface area contributed by atoms with E-state index in [-0.39, 0.29) is 29.5 Å². The van der Waals surface area contributed by atoms with Gasteiger partial charge < -0.3 is 15.0 Å². The lowest BCUT2D eigenvalue weighted by atomic mass is 9.85. The molecular formula is C30H40N4O3. The molecule has 0 spiro atoms. The number of amides is 1. The van der Waals surface area contributed by atoms with E-state index in [1.54, 1.807) is 0 Å². The summed E-state index contributed by atoms with van der Waals surface area (Å²) >= 11 is 0. The summed E-state index contributed by atoms with van der Waals surface area (Å²) in [6, 6.07) is 15.7. The van der Waals surface area contributed by atoms with Crippen molar-refractivity contribution in [3.8, 4) is 0 Å². The van der Waals surface area contributed by atoms with Gasteiger partial charge in [-0.15, -0.1) is 0 Å². The third-order valence-electron chi connectivity index (χ3n) is 7.16. The van der Waals surface area contributed by atoms with Gasteiger partial charge in [0, 0.05) is 25.0 Å². The minimum absolute atomic E-state index is 0.0354. The number of carbonyl (C=O) groups excluding carboxylic acids is 1. The van der Waals surface area contributed by atoms with Crippen LogP contribution in [0.25, 0.3) is 10.9 Å². The van der Waals surface area contributed by atoms with Crippen molar-refractivity contribution in [3.63, 3.8) is 0 Å². The number of aryl methyl sites for hydroxylation is 1. The molecule has 1 N–H and O–H groups in total. The molecule has 0 bridgehead atoms. The molecule has 1 saturated heterocycles. The van der Waals surface area contributed by atoms with E-state index in [1.807, 2.05) is 60.0 Å². The number of ether oxygens (including phenoxy) is 1. The lowest BCUT2D eigenvalue weighted by Crippen LogP contribution is -2.46. The van der Waals surface area contributed by atoms with Gasteiger partial charge in [0.2, 0.25) is 0 Å². The Balaban J connectivity index is 1.56. The summed E-state index contributed by atoms with van der Waals surface area (Å²) in [5.74, 6) is 0.963. The van der Waals surface area contributed by atoms with Crippen molar-refractivity contribution in [2.75, 3.05) is 20.1 Å². The number of para-hydroxylation sites is 1. The summed E-state index contributed by atoms with van der Waals surface area (Å²) < 4.78 is 7.30. The first kappa shape index (κ1) is 26.9. The molecule has 1 fully saturated rings. The summed E-state index contributed by atoms with van der Waals surface area (Å²) in [6.07, 6.45) is 2.34. The Kier molecular flexibility index (Phi) is 8.32. The molecular weight excluding hydrogens is 464 g/mol. The van der Waals surface area contributed by atoms with E-state index in [9.17, 15) is 9.59 Å². The molecule has 7 heteroatoms. The Morgan fingerprint density at radius 1 is 1.14 bits per heavy atom. The second kappa shape index (κ2) is 11.5. The average molecular weight is 505 g/mol. The zero-order chi connectivity index (χ0) is 26.6. The van der Waals surface area contributed by atoms with Gasteiger partial charge in [-0.3, -0.25) is 9.36 Å². The Labute approximate surface area is 219 Å². The number of likely N-dealkylation sites (N-methyl/N-ethyl adjacent to an activating group) is 1. The standard InChI is InChI=1S/C30H40N4O3/c1-21-11-9-14-24-26(21)32-27(34(28(24)35)20-30(2,3)4)23-15-10-18-33(5)25(23)16-17-31-29(36)37-19-22-12-7-6-8-13-22/h6-9,11-14,23,25H,10,15-20H2,1-5H3,(H,31,36). The molecule has 37 heavy (non-hydrogen) atoms. The average Bonchev–Trinajstić information content (AvgIpc) is 2.86. The molecule has 1 amide bonds. The Morgan fingerprint density at radius 3 is 2.62 bits per heavy atom. The number of likely N-dealkylation sites (tertiary alicyclic amines) is 1. The third kappa shape index (κ3) is 6.58. The molecule has 2 heterocycles. The van der Waals surface area contributed by atoms with E-state index in [2.05, 4.69) is 38.0 Å². The number of nitrogens with one attached hydrogen (secondary N) is 1. The molecule has 1 aliphatic heterocycles.